The van der Waals surface area contributed by atoms with Gasteiger partial charge in [-0.3, -0.25) is 14.1 Å². The van der Waals surface area contributed by atoms with Gasteiger partial charge in [0.1, 0.15) is 6.04 Å². The molecule has 94 valence electrons. The Hall–Kier alpha value is -1.64. The summed E-state index contributed by atoms with van der Waals surface area (Å²) < 4.78 is 31.4. The van der Waals surface area contributed by atoms with Crippen LogP contribution in [0.15, 0.2) is 24.3 Å². The highest BCUT2D eigenvalue weighted by Crippen LogP contribution is 2.11. The lowest BCUT2D eigenvalue weighted by atomic mass is 10.1. The van der Waals surface area contributed by atoms with Crippen molar-refractivity contribution >= 4 is 22.0 Å². The van der Waals surface area contributed by atoms with Gasteiger partial charge in [0.05, 0.1) is 5.69 Å². The normalized spacial score (nSPS) is 13.1. The lowest BCUT2D eigenvalue weighted by molar-refractivity contribution is -0.138. The Labute approximate surface area is 98.1 Å². The van der Waals surface area contributed by atoms with E-state index in [1.807, 2.05) is 4.72 Å². The second-order valence-electron chi connectivity index (χ2n) is 3.42. The predicted octanol–water partition coefficient (Wildman–Crippen LogP) is -0.144. The smallest absolute Gasteiger partial charge is 0.357 e. The van der Waals surface area contributed by atoms with Crippen LogP contribution in [0.4, 0.5) is 5.69 Å². The summed E-state index contributed by atoms with van der Waals surface area (Å²) in [5, 5.41) is 8.60. The second-order valence-corrected chi connectivity index (χ2v) is 4.58. The fourth-order valence-corrected chi connectivity index (χ4v) is 1.63. The molecule has 1 atom stereocenters. The number of carboxylic acid groups (broad SMARTS) is 1. The van der Waals surface area contributed by atoms with Crippen molar-refractivity contribution in [2.24, 2.45) is 5.73 Å². The van der Waals surface area contributed by atoms with Crippen molar-refractivity contribution in [3.05, 3.63) is 29.8 Å². The minimum Gasteiger partial charge on any atom is -0.480 e. The van der Waals surface area contributed by atoms with E-state index in [0.717, 1.165) is 0 Å². The molecule has 0 saturated heterocycles. The molecule has 1 aromatic rings. The Bertz CT molecular complexity index is 497. The summed E-state index contributed by atoms with van der Waals surface area (Å²) in [4.78, 5) is 10.5. The molecule has 17 heavy (non-hydrogen) atoms. The minimum absolute atomic E-state index is 0.140. The molecule has 0 heterocycles. The largest absolute Gasteiger partial charge is 0.480 e. The highest BCUT2D eigenvalue weighted by Gasteiger charge is 2.12. The Morgan fingerprint density at radius 3 is 2.29 bits per heavy atom. The number of rotatable bonds is 5. The van der Waals surface area contributed by atoms with Crippen LogP contribution in [-0.4, -0.2) is 30.1 Å². The van der Waals surface area contributed by atoms with Gasteiger partial charge in [-0.15, -0.1) is 0 Å². The van der Waals surface area contributed by atoms with Gasteiger partial charge < -0.3 is 10.8 Å². The van der Waals surface area contributed by atoms with Crippen LogP contribution in [-0.2, 0) is 21.5 Å². The number of anilines is 1. The molecule has 0 aromatic heterocycles. The first-order valence-corrected chi connectivity index (χ1v) is 6.04. The van der Waals surface area contributed by atoms with E-state index < -0.39 is 22.3 Å². The fourth-order valence-electron chi connectivity index (χ4n) is 1.20. The van der Waals surface area contributed by atoms with Crippen molar-refractivity contribution < 1.29 is 22.9 Å². The van der Waals surface area contributed by atoms with E-state index in [1.54, 1.807) is 0 Å². The molecule has 1 aromatic carbocycles. The first-order chi connectivity index (χ1) is 7.78. The summed E-state index contributed by atoms with van der Waals surface area (Å²) in [6, 6.07) is 4.84. The summed E-state index contributed by atoms with van der Waals surface area (Å²) in [5.74, 6) is -1.11. The molecule has 0 aliphatic carbocycles. The molecule has 0 fully saturated rings. The van der Waals surface area contributed by atoms with Crippen LogP contribution in [0.5, 0.6) is 0 Å². The number of aliphatic carboxylic acids is 1. The number of nitrogens with one attached hydrogen (secondary N) is 1. The van der Waals surface area contributed by atoms with E-state index in [9.17, 15) is 13.2 Å². The van der Waals surface area contributed by atoms with Crippen LogP contribution in [0.1, 0.15) is 5.56 Å². The van der Waals surface area contributed by atoms with Crippen LogP contribution in [0, 0.1) is 0 Å². The summed E-state index contributed by atoms with van der Waals surface area (Å²) >= 11 is 0. The number of hydrogen-bond donors (Lipinski definition) is 4. The zero-order valence-electron chi connectivity index (χ0n) is 8.70. The lowest BCUT2D eigenvalue weighted by Gasteiger charge is -2.07. The molecule has 0 amide bonds. The molecule has 8 heteroatoms. The summed E-state index contributed by atoms with van der Waals surface area (Å²) in [7, 11) is -4.30. The van der Waals surface area contributed by atoms with Gasteiger partial charge in [0.15, 0.2) is 0 Å². The van der Waals surface area contributed by atoms with Gasteiger partial charge in [0.2, 0.25) is 0 Å². The van der Waals surface area contributed by atoms with Crippen LogP contribution in [0.2, 0.25) is 0 Å². The third-order valence-electron chi connectivity index (χ3n) is 1.97. The summed E-state index contributed by atoms with van der Waals surface area (Å²) in [5.41, 5.74) is 6.17. The highest BCUT2D eigenvalue weighted by atomic mass is 32.2. The van der Waals surface area contributed by atoms with Gasteiger partial charge in [-0.05, 0) is 24.1 Å². The van der Waals surface area contributed by atoms with E-state index in [-0.39, 0.29) is 12.1 Å². The molecule has 0 radical (unpaired) electrons. The maximum absolute atomic E-state index is 10.5. The Morgan fingerprint density at radius 1 is 1.35 bits per heavy atom. The van der Waals surface area contributed by atoms with E-state index in [1.165, 1.54) is 24.3 Å². The maximum atomic E-state index is 10.5. The topological polar surface area (TPSA) is 130 Å². The molecule has 7 nitrogen and oxygen atoms in total. The lowest BCUT2D eigenvalue weighted by Crippen LogP contribution is -2.32. The van der Waals surface area contributed by atoms with E-state index in [4.69, 9.17) is 15.4 Å². The first-order valence-electron chi connectivity index (χ1n) is 4.60. The van der Waals surface area contributed by atoms with E-state index in [2.05, 4.69) is 0 Å². The van der Waals surface area contributed by atoms with Crippen LogP contribution < -0.4 is 10.5 Å². The first kappa shape index (κ1) is 13.4. The molecule has 0 unspecified atom stereocenters. The highest BCUT2D eigenvalue weighted by molar-refractivity contribution is 7.87. The Kier molecular flexibility index (Phi) is 4.05. The van der Waals surface area contributed by atoms with Crippen molar-refractivity contribution in [1.29, 1.82) is 0 Å². The summed E-state index contributed by atoms with van der Waals surface area (Å²) in [6.07, 6.45) is 0.140. The fraction of sp³-hybridized carbons (Fsp3) is 0.222. The van der Waals surface area contributed by atoms with Crippen molar-refractivity contribution in [1.82, 2.24) is 0 Å². The molecule has 0 aliphatic rings. The van der Waals surface area contributed by atoms with Gasteiger partial charge >= 0.3 is 16.3 Å². The van der Waals surface area contributed by atoms with Crippen molar-refractivity contribution in [2.45, 2.75) is 12.5 Å². The average molecular weight is 260 g/mol. The Balaban J connectivity index is 2.72. The second kappa shape index (κ2) is 5.13. The standard InChI is InChI=1S/C9H12N2O5S/c10-8(9(12)13)5-6-1-3-7(4-2-6)11-17(14,15)16/h1-4,8,11H,5,10H2,(H,12,13)(H,14,15,16)/t8-/m0/s1. The molecular formula is C9H12N2O5S. The molecule has 0 saturated carbocycles. The molecule has 0 spiro atoms. The predicted molar refractivity (Wildman–Crippen MR) is 60.9 cm³/mol. The zero-order chi connectivity index (χ0) is 13.1. The van der Waals surface area contributed by atoms with Crippen molar-refractivity contribution in [3.8, 4) is 0 Å². The quantitative estimate of drug-likeness (QED) is 0.545. The number of nitrogens with two attached hydrogens (primary N) is 1. The number of hydrogen-bond acceptors (Lipinski definition) is 4. The third kappa shape index (κ3) is 4.81. The van der Waals surface area contributed by atoms with Gasteiger partial charge in [-0.25, -0.2) is 0 Å². The van der Waals surface area contributed by atoms with Crippen LogP contribution >= 0.6 is 0 Å². The molecular weight excluding hydrogens is 248 g/mol. The SMILES string of the molecule is N[C@@H](Cc1ccc(NS(=O)(=O)O)cc1)C(=O)O. The molecule has 5 N–H and O–H groups in total. The van der Waals surface area contributed by atoms with E-state index in [0.29, 0.717) is 5.56 Å². The number of carbonyl (C=O) groups is 1. The van der Waals surface area contributed by atoms with Gasteiger partial charge in [-0.1, -0.05) is 12.1 Å². The summed E-state index contributed by atoms with van der Waals surface area (Å²) in [6.45, 7) is 0. The molecule has 0 aliphatic heterocycles. The van der Waals surface area contributed by atoms with Gasteiger partial charge in [0.25, 0.3) is 0 Å². The zero-order valence-corrected chi connectivity index (χ0v) is 9.52. The Morgan fingerprint density at radius 2 is 1.88 bits per heavy atom. The molecule has 0 bridgehead atoms. The van der Waals surface area contributed by atoms with Gasteiger partial charge in [0, 0.05) is 0 Å². The van der Waals surface area contributed by atoms with Crippen LogP contribution in [0.25, 0.3) is 0 Å². The monoisotopic (exact) mass is 260 g/mol. The third-order valence-corrected chi connectivity index (χ3v) is 2.47. The van der Waals surface area contributed by atoms with Crippen molar-refractivity contribution in [3.63, 3.8) is 0 Å². The average Bonchev–Trinajstić information content (AvgIpc) is 2.18. The van der Waals surface area contributed by atoms with Gasteiger partial charge in [-0.2, -0.15) is 8.42 Å². The van der Waals surface area contributed by atoms with E-state index >= 15 is 0 Å². The number of benzene rings is 1. The van der Waals surface area contributed by atoms with Crippen LogP contribution in [0.3, 0.4) is 0 Å². The maximum Gasteiger partial charge on any atom is 0.357 e. The minimum atomic E-state index is -4.30. The van der Waals surface area contributed by atoms with Crippen molar-refractivity contribution in [2.75, 3.05) is 4.72 Å². The molecule has 1 rings (SSSR count). The number of carboxylic acids is 1.